The van der Waals surface area contributed by atoms with E-state index in [0.29, 0.717) is 0 Å². The lowest BCUT2D eigenvalue weighted by Gasteiger charge is -2.16. The van der Waals surface area contributed by atoms with Crippen LogP contribution in [-0.2, 0) is 13.1 Å². The molecular weight excluding hydrogens is 230 g/mol. The Morgan fingerprint density at radius 3 is 1.32 bits per heavy atom. The molecule has 0 radical (unpaired) electrons. The van der Waals surface area contributed by atoms with E-state index in [1.54, 1.807) is 0 Å². The first-order valence-corrected chi connectivity index (χ1v) is 7.02. The van der Waals surface area contributed by atoms with Crippen LogP contribution in [0.5, 0.6) is 0 Å². The van der Waals surface area contributed by atoms with Crippen LogP contribution in [0, 0.1) is 0 Å². The molecule has 0 saturated carbocycles. The Kier molecular flexibility index (Phi) is 7.60. The van der Waals surface area contributed by atoms with E-state index < -0.39 is 0 Å². The standard InChI is InChI=1S/C15H17N.C3H8/c1-16(12-14-8-4-2-5-9-14)13-15-10-6-3-7-11-15;1-3-2/h2-11H,12-13H2,1H3;3H2,1-2H3. The molecular formula is C18H25N. The zero-order valence-electron chi connectivity index (χ0n) is 12.3. The van der Waals surface area contributed by atoms with Crippen molar-refractivity contribution in [1.29, 1.82) is 0 Å². The predicted octanol–water partition coefficient (Wildman–Crippen LogP) is 4.73. The largest absolute Gasteiger partial charge is 0.298 e. The third-order valence-corrected chi connectivity index (χ3v) is 2.59. The third kappa shape index (κ3) is 6.78. The molecule has 2 aromatic rings. The maximum Gasteiger partial charge on any atom is 0.0234 e. The molecule has 0 amide bonds. The quantitative estimate of drug-likeness (QED) is 0.763. The summed E-state index contributed by atoms with van der Waals surface area (Å²) in [5.41, 5.74) is 2.72. The molecule has 0 unspecified atom stereocenters. The van der Waals surface area contributed by atoms with Crippen molar-refractivity contribution in [1.82, 2.24) is 4.90 Å². The van der Waals surface area contributed by atoms with Gasteiger partial charge in [0, 0.05) is 13.1 Å². The van der Waals surface area contributed by atoms with Crippen LogP contribution in [0.2, 0.25) is 0 Å². The van der Waals surface area contributed by atoms with Gasteiger partial charge in [-0.2, -0.15) is 0 Å². The van der Waals surface area contributed by atoms with Crippen LogP contribution in [0.15, 0.2) is 60.7 Å². The van der Waals surface area contributed by atoms with Crippen LogP contribution in [0.25, 0.3) is 0 Å². The van der Waals surface area contributed by atoms with Gasteiger partial charge in [0.2, 0.25) is 0 Å². The second-order valence-corrected chi connectivity index (χ2v) is 4.85. The molecule has 0 aliphatic rings. The molecule has 0 fully saturated rings. The minimum Gasteiger partial charge on any atom is -0.298 e. The van der Waals surface area contributed by atoms with Gasteiger partial charge in [0.1, 0.15) is 0 Å². The predicted molar refractivity (Wildman–Crippen MR) is 84.0 cm³/mol. The summed E-state index contributed by atoms with van der Waals surface area (Å²) in [4.78, 5) is 2.32. The number of hydrogen-bond donors (Lipinski definition) is 0. The Labute approximate surface area is 117 Å². The van der Waals surface area contributed by atoms with Gasteiger partial charge in [-0.05, 0) is 18.2 Å². The van der Waals surface area contributed by atoms with E-state index in [9.17, 15) is 0 Å². The number of rotatable bonds is 4. The van der Waals surface area contributed by atoms with Gasteiger partial charge in [-0.1, -0.05) is 80.9 Å². The van der Waals surface area contributed by atoms with Gasteiger partial charge < -0.3 is 0 Å². The lowest BCUT2D eigenvalue weighted by Crippen LogP contribution is -2.16. The van der Waals surface area contributed by atoms with Crippen LogP contribution in [-0.4, -0.2) is 11.9 Å². The van der Waals surface area contributed by atoms with Crippen molar-refractivity contribution < 1.29 is 0 Å². The van der Waals surface area contributed by atoms with Crippen molar-refractivity contribution in [3.05, 3.63) is 71.8 Å². The van der Waals surface area contributed by atoms with Crippen LogP contribution >= 0.6 is 0 Å². The highest BCUT2D eigenvalue weighted by molar-refractivity contribution is 5.16. The fraction of sp³-hybridized carbons (Fsp3) is 0.333. The van der Waals surface area contributed by atoms with Gasteiger partial charge in [-0.3, -0.25) is 4.90 Å². The molecule has 0 bridgehead atoms. The summed E-state index contributed by atoms with van der Waals surface area (Å²) in [7, 11) is 2.15. The van der Waals surface area contributed by atoms with Crippen LogP contribution in [0.3, 0.4) is 0 Å². The highest BCUT2D eigenvalue weighted by Crippen LogP contribution is 2.07. The van der Waals surface area contributed by atoms with Gasteiger partial charge in [0.15, 0.2) is 0 Å². The Bertz CT molecular complexity index is 380. The molecule has 0 aliphatic heterocycles. The minimum atomic E-state index is 0.996. The Hall–Kier alpha value is -1.60. The molecule has 102 valence electrons. The molecule has 0 heterocycles. The summed E-state index contributed by atoms with van der Waals surface area (Å²) in [5, 5.41) is 0. The van der Waals surface area contributed by atoms with Crippen LogP contribution in [0.4, 0.5) is 0 Å². The van der Waals surface area contributed by atoms with E-state index in [1.165, 1.54) is 17.5 Å². The summed E-state index contributed by atoms with van der Waals surface area (Å²) in [5.74, 6) is 0. The van der Waals surface area contributed by atoms with Crippen LogP contribution in [0.1, 0.15) is 31.4 Å². The lowest BCUT2D eigenvalue weighted by molar-refractivity contribution is 0.319. The summed E-state index contributed by atoms with van der Waals surface area (Å²) in [6.07, 6.45) is 1.25. The third-order valence-electron chi connectivity index (χ3n) is 2.59. The average molecular weight is 255 g/mol. The molecule has 0 aromatic heterocycles. The highest BCUT2D eigenvalue weighted by Gasteiger charge is 2.00. The van der Waals surface area contributed by atoms with E-state index in [2.05, 4.69) is 86.5 Å². The fourth-order valence-electron chi connectivity index (χ4n) is 1.85. The van der Waals surface area contributed by atoms with E-state index in [-0.39, 0.29) is 0 Å². The zero-order chi connectivity index (χ0) is 13.9. The van der Waals surface area contributed by atoms with Crippen LogP contribution < -0.4 is 0 Å². The lowest BCUT2D eigenvalue weighted by atomic mass is 10.2. The van der Waals surface area contributed by atoms with Crippen molar-refractivity contribution in [2.45, 2.75) is 33.4 Å². The van der Waals surface area contributed by atoms with Crippen molar-refractivity contribution in [3.63, 3.8) is 0 Å². The van der Waals surface area contributed by atoms with E-state index in [0.717, 1.165) is 13.1 Å². The van der Waals surface area contributed by atoms with E-state index in [1.807, 2.05) is 0 Å². The second-order valence-electron chi connectivity index (χ2n) is 4.85. The molecule has 0 spiro atoms. The zero-order valence-corrected chi connectivity index (χ0v) is 12.3. The SMILES string of the molecule is CCC.CN(Cc1ccccc1)Cc1ccccc1. The Balaban J connectivity index is 0.000000550. The summed E-state index contributed by atoms with van der Waals surface area (Å²) in [6.45, 7) is 6.24. The summed E-state index contributed by atoms with van der Waals surface area (Å²) in [6, 6.07) is 21.1. The molecule has 1 heteroatoms. The second kappa shape index (κ2) is 9.35. The monoisotopic (exact) mass is 255 g/mol. The first-order valence-electron chi connectivity index (χ1n) is 7.02. The average Bonchev–Trinajstić information content (AvgIpc) is 2.41. The van der Waals surface area contributed by atoms with Gasteiger partial charge in [-0.15, -0.1) is 0 Å². The first-order chi connectivity index (χ1) is 9.26. The number of nitrogens with zero attached hydrogens (tertiary/aromatic N) is 1. The molecule has 0 N–H and O–H groups in total. The number of hydrogen-bond acceptors (Lipinski definition) is 1. The fourth-order valence-corrected chi connectivity index (χ4v) is 1.85. The first kappa shape index (κ1) is 15.5. The maximum atomic E-state index is 2.32. The molecule has 0 saturated heterocycles. The highest BCUT2D eigenvalue weighted by atomic mass is 15.1. The number of benzene rings is 2. The minimum absolute atomic E-state index is 0.996. The normalized spacial score (nSPS) is 9.89. The topological polar surface area (TPSA) is 3.24 Å². The van der Waals surface area contributed by atoms with E-state index >= 15 is 0 Å². The van der Waals surface area contributed by atoms with E-state index in [4.69, 9.17) is 0 Å². The molecule has 0 atom stereocenters. The van der Waals surface area contributed by atoms with Crippen molar-refractivity contribution in [3.8, 4) is 0 Å². The molecule has 1 nitrogen and oxygen atoms in total. The smallest absolute Gasteiger partial charge is 0.0234 e. The van der Waals surface area contributed by atoms with Gasteiger partial charge in [-0.25, -0.2) is 0 Å². The molecule has 2 aromatic carbocycles. The molecule has 19 heavy (non-hydrogen) atoms. The molecule has 0 aliphatic carbocycles. The van der Waals surface area contributed by atoms with Gasteiger partial charge in [0.25, 0.3) is 0 Å². The Morgan fingerprint density at radius 1 is 0.684 bits per heavy atom. The molecule has 2 rings (SSSR count). The van der Waals surface area contributed by atoms with Crippen molar-refractivity contribution in [2.75, 3.05) is 7.05 Å². The maximum absolute atomic E-state index is 2.32. The van der Waals surface area contributed by atoms with Crippen molar-refractivity contribution >= 4 is 0 Å². The Morgan fingerprint density at radius 2 is 1.00 bits per heavy atom. The van der Waals surface area contributed by atoms with Gasteiger partial charge >= 0.3 is 0 Å². The summed E-state index contributed by atoms with van der Waals surface area (Å²) < 4.78 is 0. The van der Waals surface area contributed by atoms with Gasteiger partial charge in [0.05, 0.1) is 0 Å². The van der Waals surface area contributed by atoms with Crippen molar-refractivity contribution in [2.24, 2.45) is 0 Å². The summed E-state index contributed by atoms with van der Waals surface area (Å²) >= 11 is 0.